The van der Waals surface area contributed by atoms with Gasteiger partial charge in [0.2, 0.25) is 0 Å². The van der Waals surface area contributed by atoms with Gasteiger partial charge in [-0.3, -0.25) is 28.8 Å². The van der Waals surface area contributed by atoms with Gasteiger partial charge in [0.05, 0.1) is 39.6 Å². The Labute approximate surface area is 456 Å². The maximum atomic E-state index is 12.2. The standard InChI is InChI=1S/6C6H12O7.2Al/c6*7-1-2(8)3(9)4(10)5(11)6(12)13;;/h6*2-5,7-11H,1H2,(H,12,13);;/q;;;;;;2*+3/p-6/t6*2-,3-,4+,5-;;/m111111../s1. The number of carbonyl (C=O) groups is 6. The van der Waals surface area contributed by atoms with E-state index < -0.39 is 252 Å². The van der Waals surface area contributed by atoms with E-state index in [1.54, 1.807) is 0 Å². The Bertz CT molecular complexity index is 1500. The minimum Gasteiger partial charge on any atom is -0.549 e. The molecule has 0 spiro atoms. The van der Waals surface area contributed by atoms with E-state index in [9.17, 15) is 151 Å². The molecule has 0 aromatic rings. The fraction of sp³-hybridized carbons (Fsp3) is 0.833. The van der Waals surface area contributed by atoms with Crippen molar-refractivity contribution in [3.8, 4) is 0 Å². The van der Waals surface area contributed by atoms with Gasteiger partial charge in [0.25, 0.3) is 0 Å². The van der Waals surface area contributed by atoms with Crippen LogP contribution in [0.5, 0.6) is 0 Å². The molecular weight excluding hydrogens is 1160 g/mol. The zero-order valence-corrected chi connectivity index (χ0v) is 42.9. The Morgan fingerprint density at radius 3 is 0.400 bits per heavy atom. The van der Waals surface area contributed by atoms with E-state index in [2.05, 4.69) is 22.7 Å². The average molecular weight is 1220 g/mol. The predicted molar refractivity (Wildman–Crippen MR) is 235 cm³/mol. The van der Waals surface area contributed by atoms with Gasteiger partial charge in [-0.25, -0.2) is 0 Å². The first-order valence-electron chi connectivity index (χ1n) is 22.1. The predicted octanol–water partition coefficient (Wildman–Crippen LogP) is -22.2. The molecular formula is C36H66Al2O42. The number of aliphatic hydroxyl groups is 30. The Balaban J connectivity index is 0. The molecule has 0 amide bonds. The van der Waals surface area contributed by atoms with Crippen LogP contribution in [0.3, 0.4) is 0 Å². The molecule has 0 saturated heterocycles. The topological polar surface area (TPSA) is 765 Å². The summed E-state index contributed by atoms with van der Waals surface area (Å²) in [5.41, 5.74) is 0. The van der Waals surface area contributed by atoms with Crippen molar-refractivity contribution in [2.75, 3.05) is 39.6 Å². The van der Waals surface area contributed by atoms with Crippen LogP contribution in [0.15, 0.2) is 0 Å². The highest BCUT2D eigenvalue weighted by molar-refractivity contribution is 6.45. The maximum absolute atomic E-state index is 12.2. The fourth-order valence-corrected chi connectivity index (χ4v) is 7.37. The molecule has 0 aliphatic carbocycles. The van der Waals surface area contributed by atoms with Crippen molar-refractivity contribution in [3.05, 3.63) is 0 Å². The summed E-state index contributed by atoms with van der Waals surface area (Å²) in [5.74, 6) is -12.3. The van der Waals surface area contributed by atoms with Crippen molar-refractivity contribution < 1.29 is 205 Å². The lowest BCUT2D eigenvalue weighted by Gasteiger charge is -2.27. The molecule has 0 rings (SSSR count). The van der Waals surface area contributed by atoms with Crippen molar-refractivity contribution in [1.82, 2.24) is 0 Å². The summed E-state index contributed by atoms with van der Waals surface area (Å²) in [4.78, 5) is 73.2. The maximum Gasteiger partial charge on any atom is 1.20 e. The molecule has 24 atom stereocenters. The molecule has 0 aromatic carbocycles. The molecule has 0 bridgehead atoms. The van der Waals surface area contributed by atoms with Gasteiger partial charge < -0.3 is 176 Å². The molecule has 0 aromatic heterocycles. The first-order chi connectivity index (χ1) is 36.9. The summed E-state index contributed by atoms with van der Waals surface area (Å²) in [7, 11) is 0. The summed E-state index contributed by atoms with van der Waals surface area (Å²) < 4.78 is 26.5. The zero-order valence-electron chi connectivity index (χ0n) is 40.6. The lowest BCUT2D eigenvalue weighted by atomic mass is 10.0. The SMILES string of the molecule is O=C([O][Al]([O]C(=O)[C@H](O)[C@@H](O)[C@H](O)[C@H](O)CO)[O]C(=O)[C@H](O)[C@@H](O)[C@H](O)[C@H](O)CO)[C@H](O)[C@@H](O)[C@H](O)[C@H](O)CO.O=C([O][Al]([O]C(=O)[C@H](O)[C@@H](O)[C@H](O)[C@H](O)CO)[O]C(=O)[C@H](O)[C@@H](O)[C@H](O)[C@H](O)CO)[C@H](O)[C@@H](O)[C@H](O)[C@H](O)CO. The van der Waals surface area contributed by atoms with Crippen LogP contribution < -0.4 is 0 Å². The van der Waals surface area contributed by atoms with Crippen molar-refractivity contribution in [1.29, 1.82) is 0 Å². The van der Waals surface area contributed by atoms with Crippen LogP contribution in [-0.2, 0) is 51.5 Å². The van der Waals surface area contributed by atoms with Crippen LogP contribution in [0, 0.1) is 0 Å². The van der Waals surface area contributed by atoms with Crippen LogP contribution in [0.4, 0.5) is 0 Å². The molecule has 0 aliphatic rings. The Kier molecular flexibility index (Phi) is 37.9. The molecule has 0 heterocycles. The van der Waals surface area contributed by atoms with Crippen molar-refractivity contribution in [2.45, 2.75) is 146 Å². The minimum atomic E-state index is -4.83. The highest BCUT2D eigenvalue weighted by atomic mass is 27.3. The number of aliphatic hydroxyl groups excluding tert-OH is 30. The molecule has 0 radical (unpaired) electrons. The third-order valence-electron chi connectivity index (χ3n) is 10.3. The van der Waals surface area contributed by atoms with Crippen molar-refractivity contribution >= 4 is 66.1 Å². The van der Waals surface area contributed by atoms with E-state index in [4.69, 9.17) is 30.6 Å². The molecule has 0 saturated carbocycles. The molecule has 42 nitrogen and oxygen atoms in total. The zero-order chi connectivity index (χ0) is 63.0. The van der Waals surface area contributed by atoms with Crippen LogP contribution in [0.25, 0.3) is 0 Å². The number of hydrogen-bond donors (Lipinski definition) is 30. The Morgan fingerprint density at radius 2 is 0.312 bits per heavy atom. The third kappa shape index (κ3) is 24.5. The van der Waals surface area contributed by atoms with Gasteiger partial charge in [0.1, 0.15) is 110 Å². The molecule has 44 heteroatoms. The summed E-state index contributed by atoms with van der Waals surface area (Å²) in [6.45, 7) is -6.91. The normalized spacial score (nSPS) is 20.8. The Morgan fingerprint density at radius 1 is 0.212 bits per heavy atom. The van der Waals surface area contributed by atoms with E-state index in [-0.39, 0.29) is 0 Å². The van der Waals surface area contributed by atoms with Gasteiger partial charge >= 0.3 is 66.1 Å². The fourth-order valence-electron chi connectivity index (χ4n) is 5.10. The minimum absolute atomic E-state index is 1.15. The number of carbonyl (C=O) groups excluding carboxylic acids is 6. The molecule has 0 aliphatic heterocycles. The molecule has 80 heavy (non-hydrogen) atoms. The second kappa shape index (κ2) is 38.5. The monoisotopic (exact) mass is 1220 g/mol. The highest BCUT2D eigenvalue weighted by Crippen LogP contribution is 2.16. The van der Waals surface area contributed by atoms with Crippen molar-refractivity contribution in [3.63, 3.8) is 0 Å². The van der Waals surface area contributed by atoms with Crippen LogP contribution in [0.1, 0.15) is 0 Å². The first-order valence-corrected chi connectivity index (χ1v) is 25.0. The molecule has 0 fully saturated rings. The number of hydrogen-bond acceptors (Lipinski definition) is 42. The second-order valence-corrected chi connectivity index (χ2v) is 18.8. The summed E-state index contributed by atoms with van der Waals surface area (Å²) in [5, 5.41) is 284. The van der Waals surface area contributed by atoms with Gasteiger partial charge in [-0.15, -0.1) is 0 Å². The summed E-state index contributed by atoms with van der Waals surface area (Å²) >= 11 is -9.66. The highest BCUT2D eigenvalue weighted by Gasteiger charge is 2.56. The third-order valence-corrected chi connectivity index (χ3v) is 12.8. The van der Waals surface area contributed by atoms with Crippen LogP contribution in [0.2, 0.25) is 0 Å². The van der Waals surface area contributed by atoms with Crippen molar-refractivity contribution in [2.24, 2.45) is 0 Å². The van der Waals surface area contributed by atoms with Gasteiger partial charge in [-0.2, -0.15) is 0 Å². The first kappa shape index (κ1) is 78.8. The van der Waals surface area contributed by atoms with Crippen LogP contribution >= 0.6 is 0 Å². The van der Waals surface area contributed by atoms with Crippen LogP contribution in [-0.4, -0.2) is 405 Å². The quantitative estimate of drug-likeness (QED) is 0.0259. The smallest absolute Gasteiger partial charge is 0.549 e. The average Bonchev–Trinajstić information content (AvgIpc) is 3.45. The van der Waals surface area contributed by atoms with E-state index in [0.29, 0.717) is 0 Å². The van der Waals surface area contributed by atoms with E-state index in [0.717, 1.165) is 0 Å². The number of rotatable bonds is 36. The van der Waals surface area contributed by atoms with Gasteiger partial charge in [0.15, 0.2) is 36.6 Å². The molecule has 0 unspecified atom stereocenters. The molecule has 30 N–H and O–H groups in total. The lowest BCUT2D eigenvalue weighted by Crippen LogP contribution is -2.53. The van der Waals surface area contributed by atoms with E-state index in [1.165, 1.54) is 0 Å². The van der Waals surface area contributed by atoms with Gasteiger partial charge in [-0.05, 0) is 0 Å². The molecule has 468 valence electrons. The summed E-state index contributed by atoms with van der Waals surface area (Å²) in [6.07, 6.45) is -59.1. The summed E-state index contributed by atoms with van der Waals surface area (Å²) in [6, 6.07) is 0. The van der Waals surface area contributed by atoms with E-state index in [1.807, 2.05) is 0 Å². The van der Waals surface area contributed by atoms with Gasteiger partial charge in [0, 0.05) is 0 Å². The second-order valence-electron chi connectivity index (χ2n) is 16.3. The largest absolute Gasteiger partial charge is 1.20 e. The van der Waals surface area contributed by atoms with Gasteiger partial charge in [-0.1, -0.05) is 0 Å². The van der Waals surface area contributed by atoms with E-state index >= 15 is 0 Å². The lowest BCUT2D eigenvalue weighted by molar-refractivity contribution is -0.177. The Hall–Kier alpha value is -3.32.